The summed E-state index contributed by atoms with van der Waals surface area (Å²) in [7, 11) is 3.26. The van der Waals surface area contributed by atoms with Crippen molar-refractivity contribution < 1.29 is 19.1 Å². The van der Waals surface area contributed by atoms with Crippen LogP contribution in [-0.2, 0) is 13.0 Å². The van der Waals surface area contributed by atoms with Crippen LogP contribution in [0, 0.1) is 10.1 Å². The number of nitro groups is 1. The van der Waals surface area contributed by atoms with Gasteiger partial charge in [0.2, 0.25) is 0 Å². The van der Waals surface area contributed by atoms with Crippen molar-refractivity contribution in [3.8, 4) is 17.2 Å². The summed E-state index contributed by atoms with van der Waals surface area (Å²) < 4.78 is 20.4. The van der Waals surface area contributed by atoms with E-state index in [0.29, 0.717) is 31.1 Å². The second kappa shape index (κ2) is 12.7. The number of non-ortho nitro benzene ring substituents is 1. The van der Waals surface area contributed by atoms with Crippen LogP contribution in [0.4, 0.5) is 5.69 Å². The fraction of sp³-hybridized carbons (Fsp3) is 0.167. The summed E-state index contributed by atoms with van der Waals surface area (Å²) in [6.45, 7) is 0.246. The van der Waals surface area contributed by atoms with Crippen LogP contribution in [0.3, 0.4) is 0 Å². The Morgan fingerprint density at radius 3 is 2.53 bits per heavy atom. The standard InChI is InChI=1S/C36H28BrN3O6S/c1-44-25-13-16-30(45-2)28(19-25)34-27-14-10-23-5-3-4-6-26(23)33(27)38-36-39(34)35(41)32(47-36)18-22-9-15-31(29(37)17-22)46-20-21-7-11-24(12-8-21)40(42)43/h3-9,11-13,15-19,34H,10,14,20H2,1-2H3/b32-18+. The second-order valence-corrected chi connectivity index (χ2v) is 13.0. The molecule has 2 aliphatic rings. The average Bonchev–Trinajstić information content (AvgIpc) is 3.40. The Balaban J connectivity index is 1.29. The first-order valence-corrected chi connectivity index (χ1v) is 16.5. The molecule has 5 aromatic rings. The summed E-state index contributed by atoms with van der Waals surface area (Å²) in [6.07, 6.45) is 3.48. The van der Waals surface area contributed by atoms with Gasteiger partial charge >= 0.3 is 0 Å². The van der Waals surface area contributed by atoms with Crippen LogP contribution in [0.25, 0.3) is 11.8 Å². The Hall–Kier alpha value is -5.00. The van der Waals surface area contributed by atoms with Crippen molar-refractivity contribution in [3.05, 3.63) is 153 Å². The summed E-state index contributed by atoms with van der Waals surface area (Å²) in [4.78, 5) is 30.5. The molecule has 0 N–H and O–H groups in total. The van der Waals surface area contributed by atoms with Crippen LogP contribution in [0.1, 0.15) is 40.3 Å². The van der Waals surface area contributed by atoms with Crippen molar-refractivity contribution in [2.45, 2.75) is 25.5 Å². The molecule has 0 amide bonds. The van der Waals surface area contributed by atoms with Crippen LogP contribution >= 0.6 is 27.3 Å². The van der Waals surface area contributed by atoms with E-state index in [2.05, 4.69) is 28.1 Å². The highest BCUT2D eigenvalue weighted by atomic mass is 79.9. The molecule has 7 rings (SSSR count). The molecule has 1 aromatic heterocycles. The molecule has 0 spiro atoms. The molecule has 236 valence electrons. The number of allylic oxidation sites excluding steroid dienone is 1. The van der Waals surface area contributed by atoms with Gasteiger partial charge in [0.05, 0.1) is 39.9 Å². The maximum Gasteiger partial charge on any atom is 0.271 e. The number of thiazole rings is 1. The predicted molar refractivity (Wildman–Crippen MR) is 184 cm³/mol. The number of rotatable bonds is 8. The molecule has 11 heteroatoms. The largest absolute Gasteiger partial charge is 0.497 e. The van der Waals surface area contributed by atoms with Gasteiger partial charge < -0.3 is 14.2 Å². The van der Waals surface area contributed by atoms with Gasteiger partial charge in [0.1, 0.15) is 23.9 Å². The van der Waals surface area contributed by atoms with Crippen LogP contribution < -0.4 is 29.1 Å². The molecule has 0 saturated carbocycles. The zero-order chi connectivity index (χ0) is 32.7. The van der Waals surface area contributed by atoms with Gasteiger partial charge in [-0.2, -0.15) is 0 Å². The van der Waals surface area contributed by atoms with E-state index in [1.807, 2.05) is 54.6 Å². The molecule has 2 heterocycles. The van der Waals surface area contributed by atoms with Crippen LogP contribution in [-0.4, -0.2) is 23.7 Å². The van der Waals surface area contributed by atoms with Crippen molar-refractivity contribution in [2.75, 3.05) is 14.2 Å². The Kier molecular flexibility index (Phi) is 8.25. The number of fused-ring (bicyclic) bond motifs is 3. The number of benzene rings is 4. The van der Waals surface area contributed by atoms with Gasteiger partial charge in [-0.15, -0.1) is 0 Å². The Labute approximate surface area is 282 Å². The van der Waals surface area contributed by atoms with E-state index < -0.39 is 11.0 Å². The molecular weight excluding hydrogens is 682 g/mol. The number of aryl methyl sites for hydroxylation is 1. The van der Waals surface area contributed by atoms with Crippen LogP contribution in [0.2, 0.25) is 0 Å². The summed E-state index contributed by atoms with van der Waals surface area (Å²) in [5.74, 6) is 1.96. The molecule has 1 unspecified atom stereocenters. The van der Waals surface area contributed by atoms with Crippen molar-refractivity contribution in [1.29, 1.82) is 0 Å². The van der Waals surface area contributed by atoms with E-state index >= 15 is 0 Å². The van der Waals surface area contributed by atoms with Gasteiger partial charge in [-0.05, 0) is 99.6 Å². The highest BCUT2D eigenvalue weighted by molar-refractivity contribution is 9.10. The molecule has 0 radical (unpaired) electrons. The number of ether oxygens (including phenoxy) is 3. The summed E-state index contributed by atoms with van der Waals surface area (Å²) in [6, 6.07) is 25.5. The van der Waals surface area contributed by atoms with Gasteiger partial charge in [0.15, 0.2) is 4.80 Å². The number of aromatic nitrogens is 1. The fourth-order valence-corrected chi connectivity index (χ4v) is 7.61. The smallest absolute Gasteiger partial charge is 0.271 e. The minimum absolute atomic E-state index is 0.0310. The van der Waals surface area contributed by atoms with E-state index in [9.17, 15) is 14.9 Å². The quantitative estimate of drug-likeness (QED) is 0.133. The number of methoxy groups -OCH3 is 2. The maximum absolute atomic E-state index is 14.3. The normalized spacial score (nSPS) is 15.3. The Bertz CT molecular complexity index is 2260. The molecule has 9 nitrogen and oxygen atoms in total. The van der Waals surface area contributed by atoms with Crippen molar-refractivity contribution in [2.24, 2.45) is 4.99 Å². The molecule has 1 aliphatic carbocycles. The summed E-state index contributed by atoms with van der Waals surface area (Å²) in [5, 5.41) is 10.9. The minimum Gasteiger partial charge on any atom is -0.497 e. The highest BCUT2D eigenvalue weighted by Crippen LogP contribution is 2.44. The Morgan fingerprint density at radius 1 is 1.00 bits per heavy atom. The molecule has 0 fully saturated rings. The second-order valence-electron chi connectivity index (χ2n) is 11.1. The number of nitro benzene ring substituents is 1. The molecule has 47 heavy (non-hydrogen) atoms. The number of hydrogen-bond donors (Lipinski definition) is 0. The van der Waals surface area contributed by atoms with E-state index in [-0.39, 0.29) is 17.9 Å². The SMILES string of the molecule is COc1ccc(OC)c(C2C3=C(N=c4s/c(=C/c5ccc(OCc6ccc([N+](=O)[O-])cc6)c(Br)c5)c(=O)n42)c2ccccc2CC3)c1. The zero-order valence-corrected chi connectivity index (χ0v) is 27.8. The average molecular weight is 711 g/mol. The lowest BCUT2D eigenvalue weighted by molar-refractivity contribution is -0.384. The van der Waals surface area contributed by atoms with Crippen molar-refractivity contribution >= 4 is 44.7 Å². The van der Waals surface area contributed by atoms with Crippen molar-refractivity contribution in [1.82, 2.24) is 4.57 Å². The lowest BCUT2D eigenvalue weighted by Crippen LogP contribution is -2.39. The van der Waals surface area contributed by atoms with E-state index in [4.69, 9.17) is 19.2 Å². The van der Waals surface area contributed by atoms with Gasteiger partial charge in [-0.1, -0.05) is 41.7 Å². The number of halogens is 1. The van der Waals surface area contributed by atoms with E-state index in [1.165, 1.54) is 29.0 Å². The first kappa shape index (κ1) is 30.6. The third kappa shape index (κ3) is 5.77. The summed E-state index contributed by atoms with van der Waals surface area (Å²) in [5.41, 5.74) is 6.68. The third-order valence-corrected chi connectivity index (χ3v) is 10.0. The zero-order valence-electron chi connectivity index (χ0n) is 25.4. The molecule has 1 atom stereocenters. The molecule has 4 aromatic carbocycles. The first-order chi connectivity index (χ1) is 22.8. The number of hydrogen-bond acceptors (Lipinski definition) is 8. The van der Waals surface area contributed by atoms with Crippen LogP contribution in [0.15, 0.2) is 105 Å². The van der Waals surface area contributed by atoms with Gasteiger partial charge in [0, 0.05) is 23.3 Å². The van der Waals surface area contributed by atoms with Crippen LogP contribution in [0.5, 0.6) is 17.2 Å². The molecule has 0 bridgehead atoms. The number of nitrogens with zero attached hydrogens (tertiary/aromatic N) is 3. The van der Waals surface area contributed by atoms with Gasteiger partial charge in [-0.3, -0.25) is 19.5 Å². The third-order valence-electron chi connectivity index (χ3n) is 8.40. The predicted octanol–water partition coefficient (Wildman–Crippen LogP) is 6.59. The van der Waals surface area contributed by atoms with E-state index in [1.54, 1.807) is 30.9 Å². The maximum atomic E-state index is 14.3. The summed E-state index contributed by atoms with van der Waals surface area (Å²) >= 11 is 4.96. The lowest BCUT2D eigenvalue weighted by atomic mass is 9.83. The lowest BCUT2D eigenvalue weighted by Gasteiger charge is -2.31. The van der Waals surface area contributed by atoms with E-state index in [0.717, 1.165) is 46.4 Å². The highest BCUT2D eigenvalue weighted by Gasteiger charge is 2.34. The van der Waals surface area contributed by atoms with Crippen molar-refractivity contribution in [3.63, 3.8) is 0 Å². The molecular formula is C36H28BrN3O6S. The first-order valence-electron chi connectivity index (χ1n) is 14.9. The topological polar surface area (TPSA) is 105 Å². The van der Waals surface area contributed by atoms with Gasteiger partial charge in [0.25, 0.3) is 11.2 Å². The fourth-order valence-electron chi connectivity index (χ4n) is 6.10. The minimum atomic E-state index is -0.431. The molecule has 0 saturated heterocycles. The monoisotopic (exact) mass is 709 g/mol. The van der Waals surface area contributed by atoms with Gasteiger partial charge in [-0.25, -0.2) is 4.99 Å². The Morgan fingerprint density at radius 2 is 1.79 bits per heavy atom. The molecule has 1 aliphatic heterocycles.